The van der Waals surface area contributed by atoms with Crippen LogP contribution in [0.5, 0.6) is 11.5 Å². The SMILES string of the molecule is CCCCNc1cc(-c2n[nH]c(=O)n2CC)cc(S(N)(=O)=O)c1Oc1ccccc1. The molecule has 0 unspecified atom stereocenters. The highest BCUT2D eigenvalue weighted by atomic mass is 32.2. The van der Waals surface area contributed by atoms with Gasteiger partial charge in [-0.25, -0.2) is 23.4 Å². The normalized spacial score (nSPS) is 11.4. The fraction of sp³-hybridized carbons (Fsp3) is 0.300. The van der Waals surface area contributed by atoms with E-state index in [0.717, 1.165) is 12.8 Å². The Hall–Kier alpha value is -3.11. The van der Waals surface area contributed by atoms with Crippen molar-refractivity contribution in [3.05, 3.63) is 52.9 Å². The first-order valence-corrected chi connectivity index (χ1v) is 11.2. The first-order valence-electron chi connectivity index (χ1n) is 9.68. The van der Waals surface area contributed by atoms with Gasteiger partial charge in [-0.3, -0.25) is 4.57 Å². The van der Waals surface area contributed by atoms with E-state index in [1.807, 2.05) is 6.07 Å². The Labute approximate surface area is 174 Å². The number of ether oxygens (including phenoxy) is 1. The minimum absolute atomic E-state index is 0.101. The van der Waals surface area contributed by atoms with Crippen molar-refractivity contribution in [1.82, 2.24) is 14.8 Å². The van der Waals surface area contributed by atoms with E-state index in [2.05, 4.69) is 22.4 Å². The second-order valence-corrected chi connectivity index (χ2v) is 8.22. The number of aromatic nitrogens is 3. The summed E-state index contributed by atoms with van der Waals surface area (Å²) in [6.45, 7) is 4.83. The van der Waals surface area contributed by atoms with Crippen LogP contribution in [0.3, 0.4) is 0 Å². The van der Waals surface area contributed by atoms with Crippen LogP contribution in [-0.4, -0.2) is 29.7 Å². The molecule has 30 heavy (non-hydrogen) atoms. The molecule has 1 heterocycles. The van der Waals surface area contributed by atoms with Crippen LogP contribution in [0.15, 0.2) is 52.2 Å². The summed E-state index contributed by atoms with van der Waals surface area (Å²) in [7, 11) is -4.14. The van der Waals surface area contributed by atoms with Gasteiger partial charge in [0.05, 0.1) is 5.69 Å². The van der Waals surface area contributed by atoms with Crippen LogP contribution in [0, 0.1) is 0 Å². The van der Waals surface area contributed by atoms with Crippen molar-refractivity contribution >= 4 is 15.7 Å². The van der Waals surface area contributed by atoms with E-state index in [9.17, 15) is 13.2 Å². The molecule has 0 aliphatic carbocycles. The van der Waals surface area contributed by atoms with Crippen molar-refractivity contribution in [2.45, 2.75) is 38.1 Å². The smallest absolute Gasteiger partial charge is 0.343 e. The summed E-state index contributed by atoms with van der Waals surface area (Å²) in [5, 5.41) is 15.2. The van der Waals surface area contributed by atoms with Crippen molar-refractivity contribution in [2.75, 3.05) is 11.9 Å². The van der Waals surface area contributed by atoms with Gasteiger partial charge >= 0.3 is 5.69 Å². The van der Waals surface area contributed by atoms with Crippen LogP contribution in [0.25, 0.3) is 11.4 Å². The van der Waals surface area contributed by atoms with Gasteiger partial charge < -0.3 is 10.1 Å². The van der Waals surface area contributed by atoms with Gasteiger partial charge in [0.25, 0.3) is 0 Å². The van der Waals surface area contributed by atoms with Gasteiger partial charge in [0, 0.05) is 18.7 Å². The van der Waals surface area contributed by atoms with Gasteiger partial charge in [-0.15, -0.1) is 0 Å². The Morgan fingerprint density at radius 2 is 1.93 bits per heavy atom. The van der Waals surface area contributed by atoms with E-state index in [0.29, 0.717) is 35.9 Å². The zero-order chi connectivity index (χ0) is 21.7. The molecule has 3 rings (SSSR count). The third kappa shape index (κ3) is 4.71. The molecule has 3 aromatic rings. The quantitative estimate of drug-likeness (QED) is 0.446. The third-order valence-electron chi connectivity index (χ3n) is 4.50. The van der Waals surface area contributed by atoms with Crippen LogP contribution in [-0.2, 0) is 16.6 Å². The lowest BCUT2D eigenvalue weighted by molar-refractivity contribution is 0.469. The van der Waals surface area contributed by atoms with E-state index in [1.165, 1.54) is 10.6 Å². The Morgan fingerprint density at radius 1 is 1.20 bits per heavy atom. The number of rotatable bonds is 9. The molecule has 0 saturated carbocycles. The summed E-state index contributed by atoms with van der Waals surface area (Å²) >= 11 is 0. The zero-order valence-electron chi connectivity index (χ0n) is 16.9. The summed E-state index contributed by atoms with van der Waals surface area (Å²) in [4.78, 5) is 11.8. The number of primary sulfonamides is 1. The minimum atomic E-state index is -4.14. The van der Waals surface area contributed by atoms with Crippen molar-refractivity contribution in [3.63, 3.8) is 0 Å². The second-order valence-electron chi connectivity index (χ2n) is 6.69. The molecule has 0 atom stereocenters. The van der Waals surface area contributed by atoms with Crippen molar-refractivity contribution in [1.29, 1.82) is 0 Å². The van der Waals surface area contributed by atoms with Crippen molar-refractivity contribution in [3.8, 4) is 22.9 Å². The molecular weight excluding hydrogens is 406 g/mol. The average molecular weight is 432 g/mol. The fourth-order valence-electron chi connectivity index (χ4n) is 3.02. The van der Waals surface area contributed by atoms with Gasteiger partial charge in [-0.1, -0.05) is 31.5 Å². The molecule has 160 valence electrons. The van der Waals surface area contributed by atoms with Crippen LogP contribution in [0.2, 0.25) is 0 Å². The molecule has 4 N–H and O–H groups in total. The first kappa shape index (κ1) is 21.6. The molecule has 0 bridgehead atoms. The van der Waals surface area contributed by atoms with Crippen LogP contribution < -0.4 is 20.9 Å². The molecule has 0 aliphatic rings. The summed E-state index contributed by atoms with van der Waals surface area (Å²) < 4.78 is 32.2. The predicted molar refractivity (Wildman–Crippen MR) is 115 cm³/mol. The maximum Gasteiger partial charge on any atom is 0.343 e. The van der Waals surface area contributed by atoms with E-state index < -0.39 is 10.0 Å². The number of nitrogens with two attached hydrogens (primary N) is 1. The molecular formula is C20H25N5O4S. The van der Waals surface area contributed by atoms with Gasteiger partial charge in [0.2, 0.25) is 10.0 Å². The highest BCUT2D eigenvalue weighted by molar-refractivity contribution is 7.89. The monoisotopic (exact) mass is 431 g/mol. The average Bonchev–Trinajstić information content (AvgIpc) is 3.09. The lowest BCUT2D eigenvalue weighted by Gasteiger charge is -2.18. The Morgan fingerprint density at radius 3 is 2.57 bits per heavy atom. The first-order chi connectivity index (χ1) is 14.3. The van der Waals surface area contributed by atoms with Crippen molar-refractivity contribution < 1.29 is 13.2 Å². The summed E-state index contributed by atoms with van der Waals surface area (Å²) in [5.41, 5.74) is 0.500. The number of benzene rings is 2. The molecule has 0 fully saturated rings. The van der Waals surface area contributed by atoms with Gasteiger partial charge in [0.1, 0.15) is 10.6 Å². The Bertz CT molecular complexity index is 1170. The number of unbranched alkanes of at least 4 members (excludes halogenated alkanes) is 1. The summed E-state index contributed by atoms with van der Waals surface area (Å²) in [5.74, 6) is 0.889. The Balaban J connectivity index is 2.21. The van der Waals surface area contributed by atoms with E-state index >= 15 is 0 Å². The fourth-order valence-corrected chi connectivity index (χ4v) is 3.72. The minimum Gasteiger partial charge on any atom is -0.454 e. The van der Waals surface area contributed by atoms with Gasteiger partial charge in [-0.05, 0) is 37.6 Å². The molecule has 10 heteroatoms. The third-order valence-corrected chi connectivity index (χ3v) is 5.42. The zero-order valence-corrected chi connectivity index (χ0v) is 17.7. The second kappa shape index (κ2) is 9.14. The number of hydrogen-bond acceptors (Lipinski definition) is 6. The highest BCUT2D eigenvalue weighted by Gasteiger charge is 2.24. The topological polar surface area (TPSA) is 132 Å². The molecule has 0 radical (unpaired) electrons. The number of para-hydroxylation sites is 1. The number of H-pyrrole nitrogens is 1. The molecule has 0 saturated heterocycles. The highest BCUT2D eigenvalue weighted by Crippen LogP contribution is 2.39. The number of nitrogens with one attached hydrogen (secondary N) is 2. The van der Waals surface area contributed by atoms with E-state index in [4.69, 9.17) is 9.88 Å². The number of anilines is 1. The Kier molecular flexibility index (Phi) is 6.58. The molecule has 9 nitrogen and oxygen atoms in total. The summed E-state index contributed by atoms with van der Waals surface area (Å²) in [6.07, 6.45) is 1.83. The molecule has 0 amide bonds. The van der Waals surface area contributed by atoms with E-state index in [1.54, 1.807) is 37.3 Å². The molecule has 1 aromatic heterocycles. The molecule has 0 aliphatic heterocycles. The maximum atomic E-state index is 12.4. The lowest BCUT2D eigenvalue weighted by atomic mass is 10.1. The van der Waals surface area contributed by atoms with Gasteiger partial charge in [0.15, 0.2) is 11.6 Å². The van der Waals surface area contributed by atoms with Crippen LogP contribution in [0.1, 0.15) is 26.7 Å². The predicted octanol–water partition coefficient (Wildman–Crippen LogP) is 2.91. The maximum absolute atomic E-state index is 12.4. The lowest BCUT2D eigenvalue weighted by Crippen LogP contribution is -2.17. The number of hydrogen-bond donors (Lipinski definition) is 3. The largest absolute Gasteiger partial charge is 0.454 e. The number of nitrogens with zero attached hydrogens (tertiary/aromatic N) is 2. The standard InChI is InChI=1S/C20H25N5O4S/c1-3-5-11-22-16-12-14(19-23-24-20(26)25(19)4-2)13-17(30(21,27)28)18(16)29-15-9-7-6-8-10-15/h6-10,12-13,22H,3-5,11H2,1-2H3,(H,24,26)(H2,21,27,28). The summed E-state index contributed by atoms with van der Waals surface area (Å²) in [6, 6.07) is 11.9. The number of sulfonamides is 1. The van der Waals surface area contributed by atoms with E-state index in [-0.39, 0.29) is 16.3 Å². The molecule has 0 spiro atoms. The number of aromatic amines is 1. The molecule has 2 aromatic carbocycles. The van der Waals surface area contributed by atoms with Crippen LogP contribution >= 0.6 is 0 Å². The van der Waals surface area contributed by atoms with Crippen molar-refractivity contribution in [2.24, 2.45) is 5.14 Å². The van der Waals surface area contributed by atoms with Crippen LogP contribution in [0.4, 0.5) is 5.69 Å². The van der Waals surface area contributed by atoms with Gasteiger partial charge in [-0.2, -0.15) is 5.10 Å².